The summed E-state index contributed by atoms with van der Waals surface area (Å²) in [6, 6.07) is 11.4. The summed E-state index contributed by atoms with van der Waals surface area (Å²) in [5, 5.41) is 11.4. The van der Waals surface area contributed by atoms with Crippen molar-refractivity contribution in [1.82, 2.24) is 9.80 Å². The molecular formula is C31H40N2O7. The van der Waals surface area contributed by atoms with Crippen molar-refractivity contribution in [2.75, 3.05) is 60.2 Å². The first-order chi connectivity index (χ1) is 19.3. The molecule has 0 aliphatic carbocycles. The third kappa shape index (κ3) is 6.77. The van der Waals surface area contributed by atoms with E-state index in [2.05, 4.69) is 18.7 Å². The van der Waals surface area contributed by atoms with Crippen molar-refractivity contribution in [2.45, 2.75) is 32.7 Å². The molecule has 4 rings (SSSR count). The summed E-state index contributed by atoms with van der Waals surface area (Å²) in [7, 11) is 3.12. The first kappa shape index (κ1) is 29.4. The van der Waals surface area contributed by atoms with Gasteiger partial charge < -0.3 is 29.0 Å². The zero-order valence-electron chi connectivity index (χ0n) is 23.9. The van der Waals surface area contributed by atoms with Crippen LogP contribution in [-0.4, -0.2) is 86.8 Å². The van der Waals surface area contributed by atoms with Crippen molar-refractivity contribution in [2.24, 2.45) is 5.92 Å². The molecule has 0 spiro atoms. The van der Waals surface area contributed by atoms with E-state index in [0.717, 1.165) is 26.1 Å². The molecule has 2 aromatic rings. The van der Waals surface area contributed by atoms with E-state index in [1.165, 1.54) is 0 Å². The number of morpholine rings is 1. The van der Waals surface area contributed by atoms with Crippen LogP contribution in [0.15, 0.2) is 48.0 Å². The lowest BCUT2D eigenvalue weighted by Gasteiger charge is -2.29. The van der Waals surface area contributed by atoms with Crippen LogP contribution in [0.3, 0.4) is 0 Å². The van der Waals surface area contributed by atoms with Gasteiger partial charge >= 0.3 is 0 Å². The molecule has 216 valence electrons. The Labute approximate surface area is 236 Å². The molecule has 2 aliphatic rings. The van der Waals surface area contributed by atoms with Crippen LogP contribution in [0.25, 0.3) is 5.76 Å². The Bertz CT molecular complexity index is 1200. The molecule has 2 fully saturated rings. The van der Waals surface area contributed by atoms with Gasteiger partial charge in [-0.3, -0.25) is 14.5 Å². The van der Waals surface area contributed by atoms with Crippen LogP contribution in [0.2, 0.25) is 0 Å². The fourth-order valence-electron chi connectivity index (χ4n) is 5.03. The molecule has 2 heterocycles. The van der Waals surface area contributed by atoms with Gasteiger partial charge in [-0.05, 0) is 60.7 Å². The smallest absolute Gasteiger partial charge is 0.295 e. The third-order valence-electron chi connectivity index (χ3n) is 7.34. The van der Waals surface area contributed by atoms with E-state index in [-0.39, 0.29) is 11.3 Å². The largest absolute Gasteiger partial charge is 0.507 e. The molecular weight excluding hydrogens is 512 g/mol. The molecule has 1 N–H and O–H groups in total. The van der Waals surface area contributed by atoms with Crippen LogP contribution in [0, 0.1) is 5.92 Å². The van der Waals surface area contributed by atoms with Crippen molar-refractivity contribution in [3.8, 4) is 17.2 Å². The minimum atomic E-state index is -0.773. The summed E-state index contributed by atoms with van der Waals surface area (Å²) in [6.07, 6.45) is 1.58. The van der Waals surface area contributed by atoms with Gasteiger partial charge in [-0.2, -0.15) is 0 Å². The molecule has 2 aliphatic heterocycles. The molecule has 0 bridgehead atoms. The van der Waals surface area contributed by atoms with Crippen LogP contribution < -0.4 is 14.2 Å². The van der Waals surface area contributed by atoms with Gasteiger partial charge in [0.25, 0.3) is 11.7 Å². The zero-order valence-corrected chi connectivity index (χ0v) is 23.9. The van der Waals surface area contributed by atoms with Gasteiger partial charge in [0.1, 0.15) is 11.5 Å². The SMILES string of the molecule is COc1ccc(/C(O)=C2\C(=O)C(=O)N(CCCN3CCOCC3)C2c2ccc(OCCC(C)C)c(OC)c2)cc1. The number of ketones is 1. The zero-order chi connectivity index (χ0) is 28.6. The second kappa shape index (κ2) is 13.7. The van der Waals surface area contributed by atoms with Crippen molar-refractivity contribution >= 4 is 17.4 Å². The number of carbonyl (C=O) groups is 2. The summed E-state index contributed by atoms with van der Waals surface area (Å²) >= 11 is 0. The number of likely N-dealkylation sites (tertiary alicyclic amines) is 1. The monoisotopic (exact) mass is 552 g/mol. The maximum atomic E-state index is 13.4. The number of nitrogens with zero attached hydrogens (tertiary/aromatic N) is 2. The summed E-state index contributed by atoms with van der Waals surface area (Å²) < 4.78 is 22.3. The van der Waals surface area contributed by atoms with Gasteiger partial charge in [0.05, 0.1) is 45.7 Å². The highest BCUT2D eigenvalue weighted by molar-refractivity contribution is 6.46. The molecule has 1 amide bonds. The maximum Gasteiger partial charge on any atom is 0.295 e. The number of hydrogen-bond acceptors (Lipinski definition) is 8. The number of hydrogen-bond donors (Lipinski definition) is 1. The van der Waals surface area contributed by atoms with Gasteiger partial charge in [0, 0.05) is 31.7 Å². The topological polar surface area (TPSA) is 97.8 Å². The van der Waals surface area contributed by atoms with E-state index in [1.807, 2.05) is 6.07 Å². The van der Waals surface area contributed by atoms with Crippen LogP contribution in [-0.2, 0) is 14.3 Å². The molecule has 9 nitrogen and oxygen atoms in total. The predicted molar refractivity (Wildman–Crippen MR) is 152 cm³/mol. The first-order valence-corrected chi connectivity index (χ1v) is 13.9. The van der Waals surface area contributed by atoms with E-state index in [9.17, 15) is 14.7 Å². The molecule has 2 saturated heterocycles. The number of methoxy groups -OCH3 is 2. The first-order valence-electron chi connectivity index (χ1n) is 13.9. The Morgan fingerprint density at radius 3 is 2.38 bits per heavy atom. The van der Waals surface area contributed by atoms with E-state index in [0.29, 0.717) is 67.1 Å². The maximum absolute atomic E-state index is 13.4. The number of aliphatic hydroxyl groups is 1. The fraction of sp³-hybridized carbons (Fsp3) is 0.484. The minimum Gasteiger partial charge on any atom is -0.507 e. The van der Waals surface area contributed by atoms with Gasteiger partial charge in [0.15, 0.2) is 11.5 Å². The number of Topliss-reactive ketones (excluding diaryl/α,β-unsaturated/α-hetero) is 1. The summed E-state index contributed by atoms with van der Waals surface area (Å²) in [4.78, 5) is 30.6. The van der Waals surface area contributed by atoms with Crippen LogP contribution in [0.1, 0.15) is 43.9 Å². The summed E-state index contributed by atoms with van der Waals surface area (Å²) in [5.74, 6) is 0.655. The average molecular weight is 553 g/mol. The van der Waals surface area contributed by atoms with Gasteiger partial charge in [0.2, 0.25) is 0 Å². The Kier molecular flexibility index (Phi) is 10.1. The quantitative estimate of drug-likeness (QED) is 0.237. The van der Waals surface area contributed by atoms with Gasteiger partial charge in [-0.15, -0.1) is 0 Å². The van der Waals surface area contributed by atoms with Crippen LogP contribution in [0.4, 0.5) is 0 Å². The molecule has 1 unspecified atom stereocenters. The van der Waals surface area contributed by atoms with Gasteiger partial charge in [-0.25, -0.2) is 0 Å². The molecule has 2 aromatic carbocycles. The predicted octanol–water partition coefficient (Wildman–Crippen LogP) is 4.27. The molecule has 1 atom stereocenters. The van der Waals surface area contributed by atoms with E-state index < -0.39 is 17.7 Å². The number of aliphatic hydroxyl groups excluding tert-OH is 1. The standard InChI is InChI=1S/C31H40N2O7/c1-21(2)12-17-40-25-11-8-23(20-26(25)38-4)28-27(29(34)22-6-9-24(37-3)10-7-22)30(35)31(36)33(28)14-5-13-32-15-18-39-19-16-32/h6-11,20-21,28,34H,5,12-19H2,1-4H3/b29-27+. The summed E-state index contributed by atoms with van der Waals surface area (Å²) in [5.41, 5.74) is 1.14. The number of ether oxygens (including phenoxy) is 4. The number of carbonyl (C=O) groups excluding carboxylic acids is 2. The summed E-state index contributed by atoms with van der Waals surface area (Å²) in [6.45, 7) is 9.03. The van der Waals surface area contributed by atoms with Gasteiger partial charge in [-0.1, -0.05) is 19.9 Å². The third-order valence-corrected chi connectivity index (χ3v) is 7.34. The number of amides is 1. The van der Waals surface area contributed by atoms with Crippen molar-refractivity contribution in [3.63, 3.8) is 0 Å². The Morgan fingerprint density at radius 2 is 1.73 bits per heavy atom. The Hall–Kier alpha value is -3.56. The normalized spacial score (nSPS) is 19.3. The molecule has 9 heteroatoms. The van der Waals surface area contributed by atoms with Crippen molar-refractivity contribution < 1.29 is 33.6 Å². The lowest BCUT2D eigenvalue weighted by molar-refractivity contribution is -0.140. The molecule has 40 heavy (non-hydrogen) atoms. The number of rotatable bonds is 12. The molecule has 0 saturated carbocycles. The molecule has 0 radical (unpaired) electrons. The van der Waals surface area contributed by atoms with Crippen LogP contribution >= 0.6 is 0 Å². The minimum absolute atomic E-state index is 0.0528. The average Bonchev–Trinajstić information content (AvgIpc) is 3.22. The van der Waals surface area contributed by atoms with Crippen LogP contribution in [0.5, 0.6) is 17.2 Å². The Morgan fingerprint density at radius 1 is 1.00 bits per heavy atom. The second-order valence-electron chi connectivity index (χ2n) is 10.5. The fourth-order valence-corrected chi connectivity index (χ4v) is 5.03. The highest BCUT2D eigenvalue weighted by atomic mass is 16.5. The van der Waals surface area contributed by atoms with E-state index in [4.69, 9.17) is 18.9 Å². The van der Waals surface area contributed by atoms with E-state index >= 15 is 0 Å². The van der Waals surface area contributed by atoms with E-state index in [1.54, 1.807) is 55.5 Å². The number of benzene rings is 2. The Balaban J connectivity index is 1.68. The lowest BCUT2D eigenvalue weighted by atomic mass is 9.95. The molecule has 0 aromatic heterocycles. The highest BCUT2D eigenvalue weighted by Crippen LogP contribution is 2.42. The van der Waals surface area contributed by atoms with Crippen molar-refractivity contribution in [1.29, 1.82) is 0 Å². The lowest BCUT2D eigenvalue weighted by Crippen LogP contribution is -2.39. The highest BCUT2D eigenvalue weighted by Gasteiger charge is 2.46. The van der Waals surface area contributed by atoms with Crippen molar-refractivity contribution in [3.05, 3.63) is 59.2 Å². The second-order valence-corrected chi connectivity index (χ2v) is 10.5.